The molecule has 0 aliphatic rings. The van der Waals surface area contributed by atoms with E-state index in [1.54, 1.807) is 20.8 Å². The summed E-state index contributed by atoms with van der Waals surface area (Å²) in [6.07, 6.45) is -3.95. The van der Waals surface area contributed by atoms with Crippen molar-refractivity contribution >= 4 is 5.84 Å². The van der Waals surface area contributed by atoms with Gasteiger partial charge in [-0.1, -0.05) is 12.1 Å². The van der Waals surface area contributed by atoms with E-state index in [-0.39, 0.29) is 11.9 Å². The molecule has 0 rings (SSSR count). The minimum Gasteiger partial charge on any atom is -0.409 e. The van der Waals surface area contributed by atoms with E-state index in [0.29, 0.717) is 6.42 Å². The van der Waals surface area contributed by atoms with Crippen LogP contribution in [-0.4, -0.2) is 40.7 Å². The first kappa shape index (κ1) is 15.0. The van der Waals surface area contributed by atoms with Crippen molar-refractivity contribution in [3.05, 3.63) is 0 Å². The normalized spacial score (nSPS) is 15.9. The molecule has 0 aromatic heterocycles. The van der Waals surface area contributed by atoms with Gasteiger partial charge in [0, 0.05) is 6.04 Å². The van der Waals surface area contributed by atoms with Crippen LogP contribution >= 0.6 is 0 Å². The minimum atomic E-state index is -4.30. The molecule has 96 valence electrons. The third kappa shape index (κ3) is 4.69. The zero-order chi connectivity index (χ0) is 12.9. The van der Waals surface area contributed by atoms with Gasteiger partial charge in [-0.15, -0.1) is 0 Å². The van der Waals surface area contributed by atoms with Crippen LogP contribution in [0.1, 0.15) is 27.2 Å². The Morgan fingerprint density at radius 1 is 1.44 bits per heavy atom. The summed E-state index contributed by atoms with van der Waals surface area (Å²) in [7, 11) is 0. The molecule has 16 heavy (non-hydrogen) atoms. The smallest absolute Gasteiger partial charge is 0.401 e. The first-order valence-corrected chi connectivity index (χ1v) is 5.02. The van der Waals surface area contributed by atoms with Crippen molar-refractivity contribution in [3.63, 3.8) is 0 Å². The topological polar surface area (TPSA) is 61.9 Å². The van der Waals surface area contributed by atoms with Gasteiger partial charge >= 0.3 is 6.18 Å². The number of hydrogen-bond acceptors (Lipinski definition) is 3. The van der Waals surface area contributed by atoms with Crippen LogP contribution in [0.25, 0.3) is 0 Å². The second kappa shape index (κ2) is 5.93. The number of halogens is 3. The van der Waals surface area contributed by atoms with E-state index in [2.05, 4.69) is 5.16 Å². The maximum atomic E-state index is 12.3. The van der Waals surface area contributed by atoms with Gasteiger partial charge in [-0.05, 0) is 20.3 Å². The summed E-state index contributed by atoms with van der Waals surface area (Å²) >= 11 is 0. The highest BCUT2D eigenvalue weighted by molar-refractivity contribution is 5.85. The van der Waals surface area contributed by atoms with Crippen LogP contribution in [-0.2, 0) is 0 Å². The molecule has 0 aliphatic heterocycles. The fourth-order valence-electron chi connectivity index (χ4n) is 1.54. The molecule has 0 amide bonds. The highest BCUT2D eigenvalue weighted by Crippen LogP contribution is 2.21. The summed E-state index contributed by atoms with van der Waals surface area (Å²) < 4.78 is 37.0. The SMILES string of the molecule is CCC(C(N)=NO)N(CC(F)(F)F)C(C)C. The first-order valence-electron chi connectivity index (χ1n) is 5.02. The Morgan fingerprint density at radius 3 is 2.19 bits per heavy atom. The second-order valence-corrected chi connectivity index (χ2v) is 3.83. The van der Waals surface area contributed by atoms with Crippen LogP contribution in [0.4, 0.5) is 13.2 Å². The van der Waals surface area contributed by atoms with E-state index >= 15 is 0 Å². The van der Waals surface area contributed by atoms with Crippen LogP contribution in [0.3, 0.4) is 0 Å². The molecule has 7 heteroatoms. The van der Waals surface area contributed by atoms with Crippen LogP contribution in [0.2, 0.25) is 0 Å². The second-order valence-electron chi connectivity index (χ2n) is 3.83. The van der Waals surface area contributed by atoms with Gasteiger partial charge < -0.3 is 10.9 Å². The van der Waals surface area contributed by atoms with E-state index < -0.39 is 18.8 Å². The van der Waals surface area contributed by atoms with Gasteiger partial charge in [-0.3, -0.25) is 4.90 Å². The van der Waals surface area contributed by atoms with Crippen molar-refractivity contribution in [3.8, 4) is 0 Å². The Hall–Kier alpha value is -0.980. The fraction of sp³-hybridized carbons (Fsp3) is 0.889. The highest BCUT2D eigenvalue weighted by Gasteiger charge is 2.35. The number of rotatable bonds is 5. The summed E-state index contributed by atoms with van der Waals surface area (Å²) in [5.74, 6) is -0.194. The number of nitrogens with zero attached hydrogens (tertiary/aromatic N) is 2. The third-order valence-corrected chi connectivity index (χ3v) is 2.27. The van der Waals surface area contributed by atoms with E-state index in [1.807, 2.05) is 0 Å². The van der Waals surface area contributed by atoms with Crippen molar-refractivity contribution in [2.75, 3.05) is 6.54 Å². The Morgan fingerprint density at radius 2 is 1.94 bits per heavy atom. The molecule has 0 aliphatic carbocycles. The van der Waals surface area contributed by atoms with Gasteiger partial charge in [0.2, 0.25) is 0 Å². The molecule has 0 aromatic rings. The van der Waals surface area contributed by atoms with Crippen molar-refractivity contribution in [2.24, 2.45) is 10.9 Å². The van der Waals surface area contributed by atoms with Gasteiger partial charge in [-0.25, -0.2) is 0 Å². The van der Waals surface area contributed by atoms with Crippen LogP contribution in [0.5, 0.6) is 0 Å². The molecule has 0 radical (unpaired) electrons. The largest absolute Gasteiger partial charge is 0.409 e. The Bertz CT molecular complexity index is 241. The fourth-order valence-corrected chi connectivity index (χ4v) is 1.54. The molecule has 0 bridgehead atoms. The third-order valence-electron chi connectivity index (χ3n) is 2.27. The van der Waals surface area contributed by atoms with E-state index in [1.165, 1.54) is 0 Å². The molecule has 1 unspecified atom stereocenters. The number of alkyl halides is 3. The standard InChI is InChI=1S/C9H18F3N3O/c1-4-7(8(13)14-16)15(6(2)3)5-9(10,11)12/h6-7,16H,4-5H2,1-3H3,(H2,13,14). The molecule has 0 saturated heterocycles. The molecule has 1 atom stereocenters. The number of nitrogens with two attached hydrogens (primary N) is 1. The molecular formula is C9H18F3N3O. The summed E-state index contributed by atoms with van der Waals surface area (Å²) in [5, 5.41) is 11.3. The van der Waals surface area contributed by atoms with Gasteiger partial charge in [0.15, 0.2) is 5.84 Å². The van der Waals surface area contributed by atoms with Crippen molar-refractivity contribution in [2.45, 2.75) is 45.5 Å². The summed E-state index contributed by atoms with van der Waals surface area (Å²) in [6, 6.07) is -1.04. The summed E-state index contributed by atoms with van der Waals surface area (Å²) in [4.78, 5) is 1.16. The predicted molar refractivity (Wildman–Crippen MR) is 55.4 cm³/mol. The lowest BCUT2D eigenvalue weighted by molar-refractivity contribution is -0.152. The first-order chi connectivity index (χ1) is 7.22. The Labute approximate surface area is 92.9 Å². The molecular weight excluding hydrogens is 223 g/mol. The number of amidine groups is 1. The zero-order valence-electron chi connectivity index (χ0n) is 9.62. The Balaban J connectivity index is 4.88. The average Bonchev–Trinajstić information content (AvgIpc) is 2.15. The number of hydrogen-bond donors (Lipinski definition) is 2. The van der Waals surface area contributed by atoms with Crippen molar-refractivity contribution in [1.29, 1.82) is 0 Å². The van der Waals surface area contributed by atoms with Crippen LogP contribution in [0, 0.1) is 0 Å². The van der Waals surface area contributed by atoms with E-state index in [0.717, 1.165) is 4.90 Å². The number of oxime groups is 1. The van der Waals surface area contributed by atoms with Gasteiger partial charge in [-0.2, -0.15) is 13.2 Å². The molecule has 0 saturated carbocycles. The molecule has 3 N–H and O–H groups in total. The van der Waals surface area contributed by atoms with Crippen LogP contribution < -0.4 is 5.73 Å². The molecule has 0 heterocycles. The highest BCUT2D eigenvalue weighted by atomic mass is 19.4. The minimum absolute atomic E-state index is 0.194. The monoisotopic (exact) mass is 241 g/mol. The maximum absolute atomic E-state index is 12.3. The Kier molecular flexibility index (Phi) is 5.57. The van der Waals surface area contributed by atoms with Crippen LogP contribution in [0.15, 0.2) is 5.16 Å². The lowest BCUT2D eigenvalue weighted by atomic mass is 10.1. The van der Waals surface area contributed by atoms with Crippen molar-refractivity contribution in [1.82, 2.24) is 4.90 Å². The van der Waals surface area contributed by atoms with Gasteiger partial charge in [0.05, 0.1) is 12.6 Å². The molecule has 4 nitrogen and oxygen atoms in total. The maximum Gasteiger partial charge on any atom is 0.401 e. The van der Waals surface area contributed by atoms with E-state index in [4.69, 9.17) is 10.9 Å². The molecule has 0 spiro atoms. The molecule has 0 aromatic carbocycles. The summed E-state index contributed by atoms with van der Waals surface area (Å²) in [5.41, 5.74) is 5.38. The van der Waals surface area contributed by atoms with Gasteiger partial charge in [0.25, 0.3) is 0 Å². The summed E-state index contributed by atoms with van der Waals surface area (Å²) in [6.45, 7) is 3.89. The molecule has 0 fully saturated rings. The van der Waals surface area contributed by atoms with E-state index in [9.17, 15) is 13.2 Å². The quantitative estimate of drug-likeness (QED) is 0.334. The van der Waals surface area contributed by atoms with Crippen molar-refractivity contribution < 1.29 is 18.4 Å². The zero-order valence-corrected chi connectivity index (χ0v) is 9.62. The lowest BCUT2D eigenvalue weighted by Crippen LogP contribution is -2.51. The predicted octanol–water partition coefficient (Wildman–Crippen LogP) is 1.78. The average molecular weight is 241 g/mol. The van der Waals surface area contributed by atoms with Gasteiger partial charge in [0.1, 0.15) is 0 Å². The lowest BCUT2D eigenvalue weighted by Gasteiger charge is -2.33.